The van der Waals surface area contributed by atoms with Gasteiger partial charge in [0.25, 0.3) is 0 Å². The molecule has 0 aliphatic heterocycles. The third kappa shape index (κ3) is 2.72. The number of ether oxygens (including phenoxy) is 1. The normalized spacial score (nSPS) is 24.7. The van der Waals surface area contributed by atoms with Gasteiger partial charge in [-0.15, -0.1) is 0 Å². The molecule has 0 unspecified atom stereocenters. The zero-order chi connectivity index (χ0) is 10.7. The van der Waals surface area contributed by atoms with E-state index in [2.05, 4.69) is 31.3 Å². The molecule has 1 fully saturated rings. The summed E-state index contributed by atoms with van der Waals surface area (Å²) < 4.78 is 5.87. The van der Waals surface area contributed by atoms with E-state index in [9.17, 15) is 0 Å². The topological polar surface area (TPSA) is 21.3 Å². The first-order valence-electron chi connectivity index (χ1n) is 5.74. The first-order valence-corrected chi connectivity index (χ1v) is 5.74. The minimum absolute atomic E-state index is 0.413. The van der Waals surface area contributed by atoms with Crippen LogP contribution < -0.4 is 10.1 Å². The summed E-state index contributed by atoms with van der Waals surface area (Å²) >= 11 is 0. The number of hydrogen-bond acceptors (Lipinski definition) is 2. The highest BCUT2D eigenvalue weighted by atomic mass is 16.5. The SMILES string of the molecule is CCN[C@H]1C[C@H](Oc2cccc(C)c2)C1. The van der Waals surface area contributed by atoms with Crippen molar-refractivity contribution in [2.24, 2.45) is 0 Å². The molecule has 1 saturated carbocycles. The van der Waals surface area contributed by atoms with Crippen molar-refractivity contribution in [1.29, 1.82) is 0 Å². The molecule has 0 radical (unpaired) electrons. The molecule has 0 saturated heterocycles. The van der Waals surface area contributed by atoms with Crippen LogP contribution in [-0.4, -0.2) is 18.7 Å². The van der Waals surface area contributed by atoms with Crippen molar-refractivity contribution in [2.45, 2.75) is 38.8 Å². The summed E-state index contributed by atoms with van der Waals surface area (Å²) in [6.45, 7) is 5.30. The highest BCUT2D eigenvalue weighted by Gasteiger charge is 2.29. The molecule has 2 heteroatoms. The molecule has 1 aromatic rings. The Morgan fingerprint density at radius 1 is 1.40 bits per heavy atom. The molecule has 0 heterocycles. The molecule has 0 aromatic heterocycles. The highest BCUT2D eigenvalue weighted by molar-refractivity contribution is 5.27. The predicted octanol–water partition coefficient (Wildman–Crippen LogP) is 2.51. The molecule has 0 atom stereocenters. The summed E-state index contributed by atoms with van der Waals surface area (Å²) in [5.74, 6) is 1.01. The Morgan fingerprint density at radius 3 is 2.87 bits per heavy atom. The minimum atomic E-state index is 0.413. The Kier molecular flexibility index (Phi) is 3.27. The Hall–Kier alpha value is -1.02. The molecule has 15 heavy (non-hydrogen) atoms. The summed E-state index contributed by atoms with van der Waals surface area (Å²) in [6.07, 6.45) is 2.69. The van der Waals surface area contributed by atoms with Crippen molar-refractivity contribution >= 4 is 0 Å². The van der Waals surface area contributed by atoms with Crippen molar-refractivity contribution < 1.29 is 4.74 Å². The second-order valence-electron chi connectivity index (χ2n) is 4.28. The molecule has 0 amide bonds. The smallest absolute Gasteiger partial charge is 0.119 e. The maximum atomic E-state index is 5.87. The van der Waals surface area contributed by atoms with Crippen LogP contribution in [0.1, 0.15) is 25.3 Å². The van der Waals surface area contributed by atoms with Gasteiger partial charge in [0, 0.05) is 6.04 Å². The number of nitrogens with one attached hydrogen (secondary N) is 1. The van der Waals surface area contributed by atoms with Gasteiger partial charge in [0.2, 0.25) is 0 Å². The van der Waals surface area contributed by atoms with Gasteiger partial charge in [0.05, 0.1) is 0 Å². The van der Waals surface area contributed by atoms with Crippen molar-refractivity contribution in [1.82, 2.24) is 5.32 Å². The summed E-state index contributed by atoms with van der Waals surface area (Å²) in [4.78, 5) is 0. The fraction of sp³-hybridized carbons (Fsp3) is 0.538. The van der Waals surface area contributed by atoms with Crippen molar-refractivity contribution in [3.05, 3.63) is 29.8 Å². The van der Waals surface area contributed by atoms with E-state index in [-0.39, 0.29) is 0 Å². The lowest BCUT2D eigenvalue weighted by atomic mass is 9.89. The Morgan fingerprint density at radius 2 is 2.20 bits per heavy atom. The Bertz CT molecular complexity index is 318. The number of aryl methyl sites for hydroxylation is 1. The van der Waals surface area contributed by atoms with E-state index in [1.54, 1.807) is 0 Å². The second kappa shape index (κ2) is 4.67. The third-order valence-electron chi connectivity index (χ3n) is 2.88. The van der Waals surface area contributed by atoms with E-state index in [0.29, 0.717) is 12.1 Å². The molecular weight excluding hydrogens is 186 g/mol. The Labute approximate surface area is 91.6 Å². The van der Waals surface area contributed by atoms with Crippen molar-refractivity contribution in [3.63, 3.8) is 0 Å². The molecule has 2 rings (SSSR count). The van der Waals surface area contributed by atoms with Gasteiger partial charge in [0.1, 0.15) is 11.9 Å². The van der Waals surface area contributed by atoms with Gasteiger partial charge in [-0.1, -0.05) is 19.1 Å². The van der Waals surface area contributed by atoms with E-state index in [0.717, 1.165) is 25.1 Å². The van der Waals surface area contributed by atoms with Gasteiger partial charge >= 0.3 is 0 Å². The average Bonchev–Trinajstić information content (AvgIpc) is 2.15. The van der Waals surface area contributed by atoms with Crippen LogP contribution in [0.5, 0.6) is 5.75 Å². The minimum Gasteiger partial charge on any atom is -0.490 e. The van der Waals surface area contributed by atoms with E-state index >= 15 is 0 Å². The van der Waals surface area contributed by atoms with E-state index in [1.165, 1.54) is 5.56 Å². The lowest BCUT2D eigenvalue weighted by Crippen LogP contribution is -2.46. The van der Waals surface area contributed by atoms with Crippen LogP contribution >= 0.6 is 0 Å². The molecule has 1 N–H and O–H groups in total. The molecule has 0 bridgehead atoms. The van der Waals surface area contributed by atoms with Gasteiger partial charge in [-0.3, -0.25) is 0 Å². The zero-order valence-electron chi connectivity index (χ0n) is 9.49. The summed E-state index contributed by atoms with van der Waals surface area (Å²) in [7, 11) is 0. The number of benzene rings is 1. The molecular formula is C13H19NO. The quantitative estimate of drug-likeness (QED) is 0.815. The van der Waals surface area contributed by atoms with Crippen molar-refractivity contribution in [3.8, 4) is 5.75 Å². The van der Waals surface area contributed by atoms with Gasteiger partial charge < -0.3 is 10.1 Å². The van der Waals surface area contributed by atoms with Crippen LogP contribution in [0.25, 0.3) is 0 Å². The van der Waals surface area contributed by atoms with Crippen LogP contribution in [-0.2, 0) is 0 Å². The molecule has 1 aromatic carbocycles. The van der Waals surface area contributed by atoms with Crippen LogP contribution in [0.15, 0.2) is 24.3 Å². The lowest BCUT2D eigenvalue weighted by Gasteiger charge is -2.35. The van der Waals surface area contributed by atoms with Crippen LogP contribution in [0.3, 0.4) is 0 Å². The van der Waals surface area contributed by atoms with Gasteiger partial charge in [0.15, 0.2) is 0 Å². The molecule has 1 aliphatic carbocycles. The summed E-state index contributed by atoms with van der Waals surface area (Å²) in [5, 5.41) is 3.43. The van der Waals surface area contributed by atoms with E-state index in [4.69, 9.17) is 4.74 Å². The van der Waals surface area contributed by atoms with E-state index in [1.807, 2.05) is 12.1 Å². The molecule has 82 valence electrons. The maximum Gasteiger partial charge on any atom is 0.119 e. The van der Waals surface area contributed by atoms with Gasteiger partial charge in [-0.25, -0.2) is 0 Å². The number of hydrogen-bond donors (Lipinski definition) is 1. The monoisotopic (exact) mass is 205 g/mol. The van der Waals surface area contributed by atoms with E-state index < -0.39 is 0 Å². The zero-order valence-corrected chi connectivity index (χ0v) is 9.49. The predicted molar refractivity (Wildman–Crippen MR) is 62.3 cm³/mol. The largest absolute Gasteiger partial charge is 0.490 e. The van der Waals surface area contributed by atoms with Crippen molar-refractivity contribution in [2.75, 3.05) is 6.54 Å². The van der Waals surface area contributed by atoms with Crippen LogP contribution in [0.4, 0.5) is 0 Å². The molecule has 2 nitrogen and oxygen atoms in total. The standard InChI is InChI=1S/C13H19NO/c1-3-14-11-8-13(9-11)15-12-6-4-5-10(2)7-12/h4-7,11,13-14H,3,8-9H2,1-2H3/t11-,13-. The van der Waals surface area contributed by atoms with Gasteiger partial charge in [-0.05, 0) is 44.0 Å². The molecule has 1 aliphatic rings. The number of rotatable bonds is 4. The van der Waals surface area contributed by atoms with Crippen LogP contribution in [0, 0.1) is 6.92 Å². The van der Waals surface area contributed by atoms with Gasteiger partial charge in [-0.2, -0.15) is 0 Å². The maximum absolute atomic E-state index is 5.87. The summed E-state index contributed by atoms with van der Waals surface area (Å²) in [6, 6.07) is 8.94. The van der Waals surface area contributed by atoms with Crippen LogP contribution in [0.2, 0.25) is 0 Å². The first-order chi connectivity index (χ1) is 7.28. The first kappa shape index (κ1) is 10.5. The second-order valence-corrected chi connectivity index (χ2v) is 4.28. The average molecular weight is 205 g/mol. The fourth-order valence-electron chi connectivity index (χ4n) is 2.00. The lowest BCUT2D eigenvalue weighted by molar-refractivity contribution is 0.0859. The Balaban J connectivity index is 1.80. The third-order valence-corrected chi connectivity index (χ3v) is 2.88. The fourth-order valence-corrected chi connectivity index (χ4v) is 2.00. The molecule has 0 spiro atoms. The summed E-state index contributed by atoms with van der Waals surface area (Å²) in [5.41, 5.74) is 1.26. The highest BCUT2D eigenvalue weighted by Crippen LogP contribution is 2.26.